The van der Waals surface area contributed by atoms with Gasteiger partial charge in [0.05, 0.1) is 10.8 Å². The monoisotopic (exact) mass is 800 g/mol. The lowest BCUT2D eigenvalue weighted by Gasteiger charge is -2.42. The molecule has 4 saturated carbocycles. The van der Waals surface area contributed by atoms with Crippen molar-refractivity contribution >= 4 is 39.6 Å². The highest BCUT2D eigenvalue weighted by Gasteiger charge is 2.85. The van der Waals surface area contributed by atoms with Gasteiger partial charge in [-0.05, 0) is 100.0 Å². The van der Waals surface area contributed by atoms with Crippen molar-refractivity contribution in [1.29, 1.82) is 0 Å². The molecule has 2 heterocycles. The summed E-state index contributed by atoms with van der Waals surface area (Å²) in [5.41, 5.74) is -4.33. The third-order valence-electron chi connectivity index (χ3n) is 15.2. The molecular formula is C42H68N6O7S. The minimum absolute atomic E-state index is 0.0204. The molecule has 6 atom stereocenters. The number of carbonyl (C=O) groups excluding carboxylic acids is 5. The predicted octanol–water partition coefficient (Wildman–Crippen LogP) is 3.78. The van der Waals surface area contributed by atoms with Crippen LogP contribution in [0.1, 0.15) is 133 Å². The minimum atomic E-state index is -3.87. The number of likely N-dealkylation sites (tertiary alicyclic amines) is 2. The van der Waals surface area contributed by atoms with Gasteiger partial charge in [-0.3, -0.25) is 33.6 Å². The lowest BCUT2D eigenvalue weighted by Crippen LogP contribution is -2.65. The van der Waals surface area contributed by atoms with Crippen molar-refractivity contribution in [2.75, 3.05) is 19.6 Å². The van der Waals surface area contributed by atoms with Crippen LogP contribution >= 0.6 is 0 Å². The second kappa shape index (κ2) is 13.8. The SMILES string of the molecule is C=C[C@@H]1C[C@]1(NC(=O)[C@@H]1C[C@@]2(CN1C(=O)[C@@H](NC(=O)[C@@H](NC(=O)C(C)(C)N1CCCCC1)C(C)(C)C)C(C)(C)C)C(C)(C)C21CCC1)C(=O)NS(=O)(=O)C1CC1. The van der Waals surface area contributed by atoms with Crippen molar-refractivity contribution in [3.63, 3.8) is 0 Å². The lowest BCUT2D eigenvalue weighted by atomic mass is 9.73. The third-order valence-corrected chi connectivity index (χ3v) is 17.0. The summed E-state index contributed by atoms with van der Waals surface area (Å²) in [5, 5.41) is 8.43. The quantitative estimate of drug-likeness (QED) is 0.216. The number of nitrogens with one attached hydrogen (secondary N) is 4. The molecule has 0 bridgehead atoms. The van der Waals surface area contributed by atoms with E-state index < -0.39 is 84.9 Å². The average Bonchev–Trinajstić information content (AvgIpc) is 4.02. The topological polar surface area (TPSA) is 174 Å². The zero-order valence-corrected chi connectivity index (χ0v) is 36.3. The molecule has 13 nitrogen and oxygen atoms in total. The normalized spacial score (nSPS) is 30.8. The zero-order chi connectivity index (χ0) is 41.7. The van der Waals surface area contributed by atoms with Crippen LogP contribution in [0.25, 0.3) is 0 Å². The zero-order valence-electron chi connectivity index (χ0n) is 35.5. The second-order valence-corrected chi connectivity index (χ2v) is 23.2. The number of hydrogen-bond donors (Lipinski definition) is 4. The van der Waals surface area contributed by atoms with Crippen molar-refractivity contribution in [2.24, 2.45) is 33.0 Å². The molecule has 56 heavy (non-hydrogen) atoms. The van der Waals surface area contributed by atoms with Crippen LogP contribution in [-0.4, -0.2) is 102 Å². The van der Waals surface area contributed by atoms with Gasteiger partial charge >= 0.3 is 0 Å². The Morgan fingerprint density at radius 2 is 1.39 bits per heavy atom. The highest BCUT2D eigenvalue weighted by molar-refractivity contribution is 7.91. The molecule has 6 rings (SSSR count). The minimum Gasteiger partial charge on any atom is -0.342 e. The smallest absolute Gasteiger partial charge is 0.259 e. The Hall–Kier alpha value is -3.00. The van der Waals surface area contributed by atoms with E-state index in [9.17, 15) is 27.6 Å². The maximum atomic E-state index is 15.1. The van der Waals surface area contributed by atoms with Crippen LogP contribution in [0.15, 0.2) is 12.7 Å². The maximum Gasteiger partial charge on any atom is 0.259 e. The van der Waals surface area contributed by atoms with E-state index in [1.54, 1.807) is 11.0 Å². The van der Waals surface area contributed by atoms with Crippen molar-refractivity contribution in [3.05, 3.63) is 12.7 Å². The molecule has 2 spiro atoms. The van der Waals surface area contributed by atoms with E-state index in [0.717, 1.165) is 51.6 Å². The van der Waals surface area contributed by atoms with Gasteiger partial charge in [-0.1, -0.05) is 74.3 Å². The summed E-state index contributed by atoms with van der Waals surface area (Å²) in [5.74, 6) is -2.91. The van der Waals surface area contributed by atoms with Crippen LogP contribution in [0, 0.1) is 33.0 Å². The summed E-state index contributed by atoms with van der Waals surface area (Å²) in [6, 6.07) is -2.97. The molecule has 14 heteroatoms. The van der Waals surface area contributed by atoms with E-state index in [-0.39, 0.29) is 28.6 Å². The first kappa shape index (κ1) is 42.6. The first-order valence-corrected chi connectivity index (χ1v) is 22.4. The highest BCUT2D eigenvalue weighted by Crippen LogP contribution is 2.88. The molecule has 6 aliphatic rings. The van der Waals surface area contributed by atoms with E-state index >= 15 is 4.79 Å². The molecule has 6 fully saturated rings. The number of hydrogen-bond acceptors (Lipinski definition) is 8. The van der Waals surface area contributed by atoms with Gasteiger partial charge in [0.15, 0.2) is 0 Å². The first-order chi connectivity index (χ1) is 25.7. The van der Waals surface area contributed by atoms with Crippen LogP contribution in [-0.2, 0) is 34.0 Å². The molecule has 0 aromatic rings. The van der Waals surface area contributed by atoms with Crippen molar-refractivity contribution in [1.82, 2.24) is 30.5 Å². The summed E-state index contributed by atoms with van der Waals surface area (Å²) in [6.07, 6.45) is 9.33. The molecule has 2 saturated heterocycles. The summed E-state index contributed by atoms with van der Waals surface area (Å²) in [6.45, 7) is 25.2. The van der Waals surface area contributed by atoms with Crippen LogP contribution in [0.2, 0.25) is 0 Å². The molecule has 5 amide bonds. The standard InChI is InChI=1S/C42H68N6O7S/c1-12-26-23-42(26,35(53)46-56(54,55)27-17-18-27)45-31(49)28-24-41(39(10,11)40(41)19-16-20-40)25-48(28)33(51)30(37(5,6)7)43-32(50)29(36(2,3)4)44-34(52)38(8,9)47-21-14-13-15-22-47/h12,26-30H,1,13-25H2,2-11H3,(H,43,50)(H,44,52)(H,45,49)(H,46,53)/t26-,28+,29-,30-,41-,42-/m1/s1. The summed E-state index contributed by atoms with van der Waals surface area (Å²) in [7, 11) is -3.87. The van der Waals surface area contributed by atoms with E-state index in [4.69, 9.17) is 0 Å². The first-order valence-electron chi connectivity index (χ1n) is 20.9. The third kappa shape index (κ3) is 6.89. The molecule has 0 unspecified atom stereocenters. The van der Waals surface area contributed by atoms with Crippen LogP contribution in [0.5, 0.6) is 0 Å². The molecule has 314 valence electrons. The van der Waals surface area contributed by atoms with Gasteiger partial charge in [0.25, 0.3) is 5.91 Å². The number of nitrogens with zero attached hydrogens (tertiary/aromatic N) is 2. The molecule has 0 radical (unpaired) electrons. The van der Waals surface area contributed by atoms with Gasteiger partial charge in [0.2, 0.25) is 33.7 Å². The van der Waals surface area contributed by atoms with Gasteiger partial charge in [-0.2, -0.15) is 0 Å². The second-order valence-electron chi connectivity index (χ2n) is 21.2. The van der Waals surface area contributed by atoms with E-state index in [0.29, 0.717) is 25.8 Å². The molecule has 0 aromatic carbocycles. The van der Waals surface area contributed by atoms with Crippen molar-refractivity contribution < 1.29 is 32.4 Å². The van der Waals surface area contributed by atoms with E-state index in [2.05, 4.69) is 46.0 Å². The van der Waals surface area contributed by atoms with Gasteiger partial charge in [-0.25, -0.2) is 8.42 Å². The number of piperidine rings is 1. The van der Waals surface area contributed by atoms with Gasteiger partial charge in [0, 0.05) is 17.9 Å². The Balaban J connectivity index is 1.27. The lowest BCUT2D eigenvalue weighted by molar-refractivity contribution is -0.146. The fraction of sp³-hybridized carbons (Fsp3) is 0.833. The Labute approximate surface area is 334 Å². The van der Waals surface area contributed by atoms with Gasteiger partial charge in [-0.15, -0.1) is 6.58 Å². The van der Waals surface area contributed by atoms with Crippen molar-refractivity contribution in [2.45, 2.75) is 168 Å². The molecule has 2 aliphatic heterocycles. The Kier molecular flexibility index (Phi) is 10.5. The number of fused-ring (bicyclic) bond motifs is 1. The maximum absolute atomic E-state index is 15.1. The van der Waals surface area contributed by atoms with Crippen molar-refractivity contribution in [3.8, 4) is 0 Å². The van der Waals surface area contributed by atoms with Gasteiger partial charge in [0.1, 0.15) is 23.7 Å². The van der Waals surface area contributed by atoms with E-state index in [1.807, 2.05) is 55.4 Å². The molecule has 0 aromatic heterocycles. The number of amides is 5. The fourth-order valence-corrected chi connectivity index (χ4v) is 12.1. The number of carbonyl (C=O) groups is 5. The molecule has 4 N–H and O–H groups in total. The van der Waals surface area contributed by atoms with E-state index in [1.165, 1.54) is 0 Å². The fourth-order valence-electron chi connectivity index (χ4n) is 10.7. The highest BCUT2D eigenvalue weighted by atomic mass is 32.2. The number of rotatable bonds is 12. The Morgan fingerprint density at radius 1 is 0.804 bits per heavy atom. The summed E-state index contributed by atoms with van der Waals surface area (Å²) in [4.78, 5) is 75.5. The predicted molar refractivity (Wildman–Crippen MR) is 214 cm³/mol. The average molecular weight is 801 g/mol. The largest absolute Gasteiger partial charge is 0.342 e. The molecular weight excluding hydrogens is 733 g/mol. The summed E-state index contributed by atoms with van der Waals surface area (Å²) >= 11 is 0. The number of sulfonamides is 1. The van der Waals surface area contributed by atoms with Crippen LogP contribution < -0.4 is 20.7 Å². The van der Waals surface area contributed by atoms with Crippen LogP contribution in [0.4, 0.5) is 0 Å². The van der Waals surface area contributed by atoms with Crippen LogP contribution in [0.3, 0.4) is 0 Å². The Morgan fingerprint density at radius 3 is 1.86 bits per heavy atom. The van der Waals surface area contributed by atoms with Gasteiger partial charge < -0.3 is 20.9 Å². The molecule has 4 aliphatic carbocycles. The Bertz CT molecular complexity index is 1760. The summed E-state index contributed by atoms with van der Waals surface area (Å²) < 4.78 is 27.8.